The lowest BCUT2D eigenvalue weighted by molar-refractivity contribution is -0.161. The molecule has 0 heterocycles. The van der Waals surface area contributed by atoms with Crippen LogP contribution in [-0.4, -0.2) is 96.7 Å². The Morgan fingerprint density at radius 1 is 0.302 bits per heavy atom. The van der Waals surface area contributed by atoms with E-state index in [1.54, 1.807) is 0 Å². The van der Waals surface area contributed by atoms with Gasteiger partial charge >= 0.3 is 39.5 Å². The SMILES string of the molecule is CC/C=C\C/C=C\C/C=C\C/C=C\CCCCCCC(=O)OCC(COP(=O)(O)OCC(O)COP(=O)(O)OCC(COC(=O)CCCCCCC/C=C\CCCCCCCC)OC(=O)CCCCCCCCCCCCC)OC(=O)CCCCCCC/C=C\CCCCCC. The van der Waals surface area contributed by atoms with Crippen LogP contribution >= 0.6 is 15.6 Å². The van der Waals surface area contributed by atoms with Crippen LogP contribution in [0.5, 0.6) is 0 Å². The Balaban J connectivity index is 5.32. The molecule has 0 aromatic heterocycles. The number of esters is 4. The molecular weight excluding hydrogens is 1260 g/mol. The number of phosphoric acid groups is 2. The molecule has 0 aliphatic heterocycles. The number of hydrogen-bond donors (Lipinski definition) is 3. The molecule has 3 N–H and O–H groups in total. The Morgan fingerprint density at radius 2 is 0.542 bits per heavy atom. The normalized spacial score (nSPS) is 14.4. The molecule has 96 heavy (non-hydrogen) atoms. The Bertz CT molecular complexity index is 2110. The van der Waals surface area contributed by atoms with Gasteiger partial charge in [0.1, 0.15) is 19.3 Å². The monoisotopic (exact) mass is 1400 g/mol. The second kappa shape index (κ2) is 70.0. The average Bonchev–Trinajstić information content (AvgIpc) is 1.17. The second-order valence-corrected chi connectivity index (χ2v) is 28.5. The molecule has 0 aliphatic rings. The summed E-state index contributed by atoms with van der Waals surface area (Å²) in [5, 5.41) is 10.6. The van der Waals surface area contributed by atoms with Crippen molar-refractivity contribution in [2.45, 2.75) is 354 Å². The molecule has 0 radical (unpaired) electrons. The van der Waals surface area contributed by atoms with Crippen LogP contribution < -0.4 is 0 Å². The third-order valence-electron chi connectivity index (χ3n) is 16.2. The molecule has 17 nitrogen and oxygen atoms in total. The molecule has 0 aromatic rings. The molecule has 0 rings (SSSR count). The van der Waals surface area contributed by atoms with Crippen molar-refractivity contribution in [1.29, 1.82) is 0 Å². The standard InChI is InChI=1S/C77H138O17P2/c1-5-9-13-17-21-25-29-32-34-35-37-40-43-46-50-54-58-62-75(80)88-68-73(94-77(82)64-60-56-52-48-44-38-31-27-23-19-15-11-7-3)70-92-96(85,86)90-66-71(78)65-89-95(83,84)91-69-72(93-76(81)63-59-55-51-47-41-28-24-20-16-12-8-4)67-87-74(79)61-57-53-49-45-42-39-36-33-30-26-22-18-14-10-6-2/h9,13,21,25,27,31-34,36-37,40,71-73,78H,5-8,10-12,14-20,22-24,26,28-30,35,38-39,41-70H2,1-4H3,(H,83,84)(H,85,86)/b13-9-,25-21-,31-27-,34-32-,36-33-,40-37-. The average molecular weight is 1400 g/mol. The topological polar surface area (TPSA) is 237 Å². The fourth-order valence-corrected chi connectivity index (χ4v) is 11.9. The number of ether oxygens (including phenoxy) is 4. The third-order valence-corrected chi connectivity index (χ3v) is 18.1. The van der Waals surface area contributed by atoms with Crippen LogP contribution in [-0.2, 0) is 65.4 Å². The van der Waals surface area contributed by atoms with Gasteiger partial charge < -0.3 is 33.8 Å². The maximum Gasteiger partial charge on any atom is 0.472 e. The van der Waals surface area contributed by atoms with Crippen molar-refractivity contribution in [2.75, 3.05) is 39.6 Å². The minimum Gasteiger partial charge on any atom is -0.462 e. The van der Waals surface area contributed by atoms with Crippen LogP contribution in [0.3, 0.4) is 0 Å². The molecule has 19 heteroatoms. The smallest absolute Gasteiger partial charge is 0.462 e. The molecular formula is C77H138O17P2. The molecule has 0 spiro atoms. The van der Waals surface area contributed by atoms with Crippen molar-refractivity contribution in [1.82, 2.24) is 0 Å². The Hall–Kier alpha value is -3.50. The quantitative estimate of drug-likeness (QED) is 0.0169. The van der Waals surface area contributed by atoms with E-state index >= 15 is 0 Å². The number of phosphoric ester groups is 2. The van der Waals surface area contributed by atoms with Gasteiger partial charge in [0.15, 0.2) is 12.2 Å². The van der Waals surface area contributed by atoms with Crippen molar-refractivity contribution >= 4 is 39.5 Å². The Kier molecular flexibility index (Phi) is 67.4. The van der Waals surface area contributed by atoms with Gasteiger partial charge in [-0.3, -0.25) is 37.3 Å². The predicted molar refractivity (Wildman–Crippen MR) is 390 cm³/mol. The van der Waals surface area contributed by atoms with E-state index < -0.39 is 97.5 Å². The first-order valence-corrected chi connectivity index (χ1v) is 41.2. The minimum absolute atomic E-state index is 0.0813. The minimum atomic E-state index is -4.97. The molecule has 558 valence electrons. The van der Waals surface area contributed by atoms with Gasteiger partial charge in [0.2, 0.25) is 0 Å². The van der Waals surface area contributed by atoms with Crippen molar-refractivity contribution < 1.29 is 80.2 Å². The van der Waals surface area contributed by atoms with E-state index in [9.17, 15) is 43.2 Å². The third kappa shape index (κ3) is 69.0. The lowest BCUT2D eigenvalue weighted by Gasteiger charge is -2.21. The molecule has 0 bridgehead atoms. The number of unbranched alkanes of at least 4 members (excludes halogenated alkanes) is 34. The Morgan fingerprint density at radius 3 is 0.854 bits per heavy atom. The van der Waals surface area contributed by atoms with E-state index in [1.807, 2.05) is 0 Å². The largest absolute Gasteiger partial charge is 0.472 e. The van der Waals surface area contributed by atoms with Crippen LogP contribution in [0.1, 0.15) is 336 Å². The summed E-state index contributed by atoms with van der Waals surface area (Å²) in [4.78, 5) is 72.8. The molecule has 0 saturated carbocycles. The molecule has 0 aromatic carbocycles. The predicted octanol–water partition coefficient (Wildman–Crippen LogP) is 21.7. The number of carbonyl (C=O) groups is 4. The number of carbonyl (C=O) groups excluding carboxylic acids is 4. The van der Waals surface area contributed by atoms with Gasteiger partial charge in [0, 0.05) is 25.7 Å². The van der Waals surface area contributed by atoms with E-state index in [2.05, 4.69) is 101 Å². The summed E-state index contributed by atoms with van der Waals surface area (Å²) in [6.07, 6.45) is 68.9. The van der Waals surface area contributed by atoms with Gasteiger partial charge in [-0.05, 0) is 116 Å². The summed E-state index contributed by atoms with van der Waals surface area (Å²) in [7, 11) is -9.94. The van der Waals surface area contributed by atoms with Crippen molar-refractivity contribution in [3.63, 3.8) is 0 Å². The van der Waals surface area contributed by atoms with Crippen molar-refractivity contribution in [3.05, 3.63) is 72.9 Å². The van der Waals surface area contributed by atoms with E-state index in [4.69, 9.17) is 37.0 Å². The van der Waals surface area contributed by atoms with Gasteiger partial charge in [-0.25, -0.2) is 9.13 Å². The fraction of sp³-hybridized carbons (Fsp3) is 0.792. The highest BCUT2D eigenvalue weighted by Gasteiger charge is 2.30. The molecule has 0 fully saturated rings. The van der Waals surface area contributed by atoms with E-state index in [-0.39, 0.29) is 25.7 Å². The van der Waals surface area contributed by atoms with Crippen LogP contribution in [0.4, 0.5) is 0 Å². The zero-order valence-corrected chi connectivity index (χ0v) is 62.6. The van der Waals surface area contributed by atoms with E-state index in [0.717, 1.165) is 154 Å². The van der Waals surface area contributed by atoms with Crippen LogP contribution in [0.25, 0.3) is 0 Å². The molecule has 5 atom stereocenters. The molecule has 0 amide bonds. The first-order chi connectivity index (χ1) is 46.7. The summed E-state index contributed by atoms with van der Waals surface area (Å²) in [6, 6.07) is 0. The van der Waals surface area contributed by atoms with Crippen LogP contribution in [0.15, 0.2) is 72.9 Å². The summed E-state index contributed by atoms with van der Waals surface area (Å²) in [6.45, 7) is 4.72. The zero-order valence-electron chi connectivity index (χ0n) is 60.8. The lowest BCUT2D eigenvalue weighted by Crippen LogP contribution is -2.30. The number of aliphatic hydroxyl groups excluding tert-OH is 1. The van der Waals surface area contributed by atoms with Gasteiger partial charge in [0.25, 0.3) is 0 Å². The fourth-order valence-electron chi connectivity index (χ4n) is 10.3. The molecule has 5 unspecified atom stereocenters. The van der Waals surface area contributed by atoms with Gasteiger partial charge in [-0.15, -0.1) is 0 Å². The second-order valence-electron chi connectivity index (χ2n) is 25.6. The Labute approximate surface area is 583 Å². The highest BCUT2D eigenvalue weighted by Crippen LogP contribution is 2.45. The molecule has 0 saturated heterocycles. The zero-order chi connectivity index (χ0) is 70.4. The summed E-state index contributed by atoms with van der Waals surface area (Å²) in [5.74, 6) is -2.20. The lowest BCUT2D eigenvalue weighted by atomic mass is 10.1. The number of aliphatic hydroxyl groups is 1. The molecule has 0 aliphatic carbocycles. The summed E-state index contributed by atoms with van der Waals surface area (Å²) < 4.78 is 68.4. The van der Waals surface area contributed by atoms with Gasteiger partial charge in [0.05, 0.1) is 26.4 Å². The van der Waals surface area contributed by atoms with Gasteiger partial charge in [-0.1, -0.05) is 268 Å². The van der Waals surface area contributed by atoms with Gasteiger partial charge in [-0.2, -0.15) is 0 Å². The first kappa shape index (κ1) is 92.5. The maximum absolute atomic E-state index is 13.1. The highest BCUT2D eigenvalue weighted by molar-refractivity contribution is 7.47. The number of hydrogen-bond acceptors (Lipinski definition) is 15. The summed E-state index contributed by atoms with van der Waals surface area (Å²) >= 11 is 0. The maximum atomic E-state index is 13.1. The number of rotatable bonds is 72. The van der Waals surface area contributed by atoms with E-state index in [1.165, 1.54) is 103 Å². The van der Waals surface area contributed by atoms with Crippen molar-refractivity contribution in [3.8, 4) is 0 Å². The summed E-state index contributed by atoms with van der Waals surface area (Å²) in [5.41, 5.74) is 0. The van der Waals surface area contributed by atoms with Crippen molar-refractivity contribution in [2.24, 2.45) is 0 Å². The van der Waals surface area contributed by atoms with Crippen LogP contribution in [0, 0.1) is 0 Å². The first-order valence-electron chi connectivity index (χ1n) is 38.2. The van der Waals surface area contributed by atoms with Crippen LogP contribution in [0.2, 0.25) is 0 Å². The number of allylic oxidation sites excluding steroid dienone is 12. The van der Waals surface area contributed by atoms with E-state index in [0.29, 0.717) is 25.7 Å². The highest BCUT2D eigenvalue weighted by atomic mass is 31.2.